The Morgan fingerprint density at radius 2 is 1.55 bits per heavy atom. The van der Waals surface area contributed by atoms with Gasteiger partial charge in [0.15, 0.2) is 0 Å². The second-order valence-electron chi connectivity index (χ2n) is 4.87. The van der Waals surface area contributed by atoms with Gasteiger partial charge in [-0.05, 0) is 43.7 Å². The highest BCUT2D eigenvalue weighted by atomic mass is 35.5. The summed E-state index contributed by atoms with van der Waals surface area (Å²) < 4.78 is 0. The van der Waals surface area contributed by atoms with Gasteiger partial charge in [-0.3, -0.25) is 0 Å². The Kier molecular flexibility index (Phi) is 4.53. The van der Waals surface area contributed by atoms with Crippen LogP contribution in [0.15, 0.2) is 42.5 Å². The summed E-state index contributed by atoms with van der Waals surface area (Å²) in [6, 6.07) is 12.2. The number of aromatic hydroxyl groups is 2. The minimum absolute atomic E-state index is 0.0442. The normalized spacial score (nSPS) is 13.9. The molecule has 0 spiro atoms. The maximum Gasteiger partial charge on any atom is 0.124 e. The van der Waals surface area contributed by atoms with Crippen LogP contribution in [-0.2, 0) is 0 Å². The van der Waals surface area contributed by atoms with Crippen LogP contribution in [0.4, 0.5) is 0 Å². The highest BCUT2D eigenvalue weighted by Crippen LogP contribution is 2.33. The van der Waals surface area contributed by atoms with Crippen molar-refractivity contribution in [3.05, 3.63) is 58.6 Å². The summed E-state index contributed by atoms with van der Waals surface area (Å²) in [5.74, 6) is 0.173. The molecule has 0 saturated heterocycles. The van der Waals surface area contributed by atoms with Gasteiger partial charge in [-0.25, -0.2) is 0 Å². The Labute approximate surface area is 123 Å². The van der Waals surface area contributed by atoms with Crippen LogP contribution in [-0.4, -0.2) is 10.2 Å². The van der Waals surface area contributed by atoms with Gasteiger partial charge in [0.05, 0.1) is 5.56 Å². The molecule has 0 aliphatic carbocycles. The fraction of sp³-hybridized carbons (Fsp3) is 0.250. The predicted octanol–water partition coefficient (Wildman–Crippen LogP) is 4.16. The van der Waals surface area contributed by atoms with Crippen LogP contribution < -0.4 is 5.32 Å². The highest BCUT2D eigenvalue weighted by molar-refractivity contribution is 6.30. The Morgan fingerprint density at radius 3 is 2.15 bits per heavy atom. The van der Waals surface area contributed by atoms with E-state index in [2.05, 4.69) is 5.32 Å². The second kappa shape index (κ2) is 6.16. The van der Waals surface area contributed by atoms with E-state index in [1.54, 1.807) is 18.2 Å². The average molecular weight is 292 g/mol. The molecular weight excluding hydrogens is 274 g/mol. The van der Waals surface area contributed by atoms with E-state index < -0.39 is 0 Å². The average Bonchev–Trinajstić information content (AvgIpc) is 2.38. The minimum Gasteiger partial charge on any atom is -0.507 e. The fourth-order valence-electron chi connectivity index (χ4n) is 2.32. The summed E-state index contributed by atoms with van der Waals surface area (Å²) in [5, 5.41) is 23.8. The third-order valence-electron chi connectivity index (χ3n) is 3.34. The molecular formula is C16H18ClNO2. The topological polar surface area (TPSA) is 52.5 Å². The third kappa shape index (κ3) is 3.24. The van der Waals surface area contributed by atoms with Crippen molar-refractivity contribution in [2.45, 2.75) is 25.9 Å². The van der Waals surface area contributed by atoms with Crippen molar-refractivity contribution in [3.8, 4) is 11.5 Å². The molecule has 0 aliphatic rings. The standard InChI is InChI=1S/C16H18ClNO2/c1-10(12-5-3-6-13(17)9-12)18-11(2)16-14(19)7-4-8-15(16)20/h3-11,18-20H,1-2H3. The van der Waals surface area contributed by atoms with Crippen molar-refractivity contribution < 1.29 is 10.2 Å². The lowest BCUT2D eigenvalue weighted by Gasteiger charge is -2.22. The van der Waals surface area contributed by atoms with Gasteiger partial charge in [0, 0.05) is 17.1 Å². The summed E-state index contributed by atoms with van der Waals surface area (Å²) in [5.41, 5.74) is 1.56. The van der Waals surface area contributed by atoms with Crippen molar-refractivity contribution in [1.82, 2.24) is 5.32 Å². The zero-order valence-electron chi connectivity index (χ0n) is 11.5. The molecule has 0 radical (unpaired) electrons. The van der Waals surface area contributed by atoms with E-state index in [0.29, 0.717) is 10.6 Å². The molecule has 2 rings (SSSR count). The molecule has 0 aliphatic heterocycles. The molecule has 0 amide bonds. The van der Waals surface area contributed by atoms with Crippen LogP contribution in [0.2, 0.25) is 5.02 Å². The van der Waals surface area contributed by atoms with E-state index in [9.17, 15) is 10.2 Å². The summed E-state index contributed by atoms with van der Waals surface area (Å²) in [6.45, 7) is 3.91. The van der Waals surface area contributed by atoms with Crippen molar-refractivity contribution in [2.24, 2.45) is 0 Å². The van der Waals surface area contributed by atoms with Crippen LogP contribution in [0.3, 0.4) is 0 Å². The first kappa shape index (κ1) is 14.7. The maximum atomic E-state index is 9.87. The smallest absolute Gasteiger partial charge is 0.124 e. The first-order chi connectivity index (χ1) is 9.49. The zero-order valence-corrected chi connectivity index (χ0v) is 12.2. The van der Waals surface area contributed by atoms with E-state index in [0.717, 1.165) is 5.56 Å². The summed E-state index contributed by atoms with van der Waals surface area (Å²) >= 11 is 5.99. The number of hydrogen-bond donors (Lipinski definition) is 3. The Balaban J connectivity index is 2.17. The van der Waals surface area contributed by atoms with Crippen molar-refractivity contribution in [3.63, 3.8) is 0 Å². The van der Waals surface area contributed by atoms with Crippen molar-refractivity contribution in [2.75, 3.05) is 0 Å². The van der Waals surface area contributed by atoms with Gasteiger partial charge in [-0.1, -0.05) is 29.8 Å². The van der Waals surface area contributed by atoms with E-state index >= 15 is 0 Å². The van der Waals surface area contributed by atoms with E-state index in [-0.39, 0.29) is 23.6 Å². The van der Waals surface area contributed by atoms with Crippen LogP contribution in [0, 0.1) is 0 Å². The molecule has 0 heterocycles. The molecule has 2 aromatic carbocycles. The molecule has 3 N–H and O–H groups in total. The molecule has 106 valence electrons. The Hall–Kier alpha value is -1.71. The molecule has 0 aromatic heterocycles. The minimum atomic E-state index is -0.190. The number of nitrogens with one attached hydrogen (secondary N) is 1. The second-order valence-corrected chi connectivity index (χ2v) is 5.31. The molecule has 0 fully saturated rings. The first-order valence-electron chi connectivity index (χ1n) is 6.51. The summed E-state index contributed by atoms with van der Waals surface area (Å²) in [4.78, 5) is 0. The van der Waals surface area contributed by atoms with E-state index in [4.69, 9.17) is 11.6 Å². The Morgan fingerprint density at radius 1 is 0.950 bits per heavy atom. The monoisotopic (exact) mass is 291 g/mol. The number of halogens is 1. The molecule has 2 atom stereocenters. The van der Waals surface area contributed by atoms with Gasteiger partial charge >= 0.3 is 0 Å². The van der Waals surface area contributed by atoms with Gasteiger partial charge in [-0.2, -0.15) is 0 Å². The summed E-state index contributed by atoms with van der Waals surface area (Å²) in [6.07, 6.45) is 0. The van der Waals surface area contributed by atoms with Gasteiger partial charge in [0.2, 0.25) is 0 Å². The van der Waals surface area contributed by atoms with Crippen molar-refractivity contribution in [1.29, 1.82) is 0 Å². The van der Waals surface area contributed by atoms with E-state index in [1.165, 1.54) is 0 Å². The Bertz CT molecular complexity index is 581. The quantitative estimate of drug-likeness (QED) is 0.793. The number of hydrogen-bond acceptors (Lipinski definition) is 3. The zero-order chi connectivity index (χ0) is 14.7. The van der Waals surface area contributed by atoms with Crippen LogP contribution >= 0.6 is 11.6 Å². The predicted molar refractivity (Wildman–Crippen MR) is 81.2 cm³/mol. The maximum absolute atomic E-state index is 9.87. The molecule has 0 saturated carbocycles. The number of benzene rings is 2. The lowest BCUT2D eigenvalue weighted by molar-refractivity contribution is 0.407. The van der Waals surface area contributed by atoms with Gasteiger partial charge < -0.3 is 15.5 Å². The molecule has 0 bridgehead atoms. The van der Waals surface area contributed by atoms with Crippen LogP contribution in [0.25, 0.3) is 0 Å². The third-order valence-corrected chi connectivity index (χ3v) is 3.58. The van der Waals surface area contributed by atoms with Gasteiger partial charge in [0.25, 0.3) is 0 Å². The first-order valence-corrected chi connectivity index (χ1v) is 6.89. The molecule has 2 aromatic rings. The molecule has 2 unspecified atom stereocenters. The van der Waals surface area contributed by atoms with Gasteiger partial charge in [0.1, 0.15) is 11.5 Å². The highest BCUT2D eigenvalue weighted by Gasteiger charge is 2.17. The van der Waals surface area contributed by atoms with Gasteiger partial charge in [-0.15, -0.1) is 0 Å². The van der Waals surface area contributed by atoms with Crippen molar-refractivity contribution >= 4 is 11.6 Å². The number of phenols is 2. The number of rotatable bonds is 4. The van der Waals surface area contributed by atoms with Crippen LogP contribution in [0.1, 0.15) is 37.1 Å². The fourth-order valence-corrected chi connectivity index (χ4v) is 2.51. The number of phenolic OH excluding ortho intramolecular Hbond substituents is 2. The SMILES string of the molecule is CC(NC(C)c1c(O)cccc1O)c1cccc(Cl)c1. The van der Waals surface area contributed by atoms with E-state index in [1.807, 2.05) is 38.1 Å². The molecule has 4 heteroatoms. The largest absolute Gasteiger partial charge is 0.507 e. The summed E-state index contributed by atoms with van der Waals surface area (Å²) in [7, 11) is 0. The lowest BCUT2D eigenvalue weighted by Crippen LogP contribution is -2.22. The molecule has 3 nitrogen and oxygen atoms in total. The molecule has 20 heavy (non-hydrogen) atoms. The lowest BCUT2D eigenvalue weighted by atomic mass is 10.0. The van der Waals surface area contributed by atoms with Crippen LogP contribution in [0.5, 0.6) is 11.5 Å².